The first kappa shape index (κ1) is 24.3. The highest BCUT2D eigenvalue weighted by atomic mass is 16.5. The molecule has 0 atom stereocenters. The van der Waals surface area contributed by atoms with Crippen LogP contribution in [-0.4, -0.2) is 62.4 Å². The number of para-hydroxylation sites is 1. The molecule has 35 heavy (non-hydrogen) atoms. The fourth-order valence-electron chi connectivity index (χ4n) is 4.66. The number of anilines is 1. The Hall–Kier alpha value is -3.78. The number of amides is 2. The van der Waals surface area contributed by atoms with Gasteiger partial charge in [-0.05, 0) is 36.2 Å². The van der Waals surface area contributed by atoms with Crippen molar-refractivity contribution < 1.29 is 28.7 Å². The third kappa shape index (κ3) is 4.37. The number of rotatable bonds is 8. The molecule has 0 saturated carbocycles. The van der Waals surface area contributed by atoms with Gasteiger partial charge in [0.25, 0.3) is 11.8 Å². The van der Waals surface area contributed by atoms with E-state index in [1.165, 1.54) is 24.3 Å². The predicted octanol–water partition coefficient (Wildman–Crippen LogP) is 3.36. The van der Waals surface area contributed by atoms with Crippen LogP contribution in [0.4, 0.5) is 5.69 Å². The molecule has 0 N–H and O–H groups in total. The first-order chi connectivity index (χ1) is 16.7. The summed E-state index contributed by atoms with van der Waals surface area (Å²) in [6, 6.07) is 12.2. The molecule has 2 aliphatic heterocycles. The molecule has 0 saturated heterocycles. The molecule has 0 spiro atoms. The second-order valence-corrected chi connectivity index (χ2v) is 9.14. The maximum atomic E-state index is 12.7. The van der Waals surface area contributed by atoms with Crippen molar-refractivity contribution in [1.29, 1.82) is 0 Å². The van der Waals surface area contributed by atoms with E-state index < -0.39 is 24.4 Å². The lowest BCUT2D eigenvalue weighted by molar-refractivity contribution is -0.117. The van der Waals surface area contributed by atoms with Crippen LogP contribution in [0.1, 0.15) is 56.9 Å². The van der Waals surface area contributed by atoms with Crippen LogP contribution < -0.4 is 4.90 Å². The topological polar surface area (TPSA) is 93.2 Å². The summed E-state index contributed by atoms with van der Waals surface area (Å²) >= 11 is 0. The van der Waals surface area contributed by atoms with Gasteiger partial charge in [-0.3, -0.25) is 19.3 Å². The predicted molar refractivity (Wildman–Crippen MR) is 130 cm³/mol. The van der Waals surface area contributed by atoms with Crippen LogP contribution >= 0.6 is 0 Å². The fourth-order valence-corrected chi connectivity index (χ4v) is 4.66. The highest BCUT2D eigenvalue weighted by Crippen LogP contribution is 2.46. The number of allylic oxidation sites excluding steroid dienone is 1. The molecule has 0 unspecified atom stereocenters. The SMILES string of the molecule is COCCCN1C(=O)c2ccc(C(=O)OCC(=O)/C=C3/N(C)c4ccccc4C3(C)C)cc2C1=O. The van der Waals surface area contributed by atoms with Crippen LogP contribution in [0, 0.1) is 0 Å². The molecule has 8 heteroatoms. The Balaban J connectivity index is 1.43. The molecule has 0 fully saturated rings. The molecule has 182 valence electrons. The van der Waals surface area contributed by atoms with E-state index >= 15 is 0 Å². The number of benzene rings is 2. The fraction of sp³-hybridized carbons (Fsp3) is 0.333. The van der Waals surface area contributed by atoms with Crippen molar-refractivity contribution in [1.82, 2.24) is 4.90 Å². The smallest absolute Gasteiger partial charge is 0.338 e. The zero-order valence-electron chi connectivity index (χ0n) is 20.3. The summed E-state index contributed by atoms with van der Waals surface area (Å²) in [5.74, 6) is -1.94. The third-order valence-electron chi connectivity index (χ3n) is 6.52. The minimum absolute atomic E-state index is 0.106. The normalized spacial score (nSPS) is 17.1. The van der Waals surface area contributed by atoms with Gasteiger partial charge in [0.05, 0.1) is 16.7 Å². The standard InChI is InChI=1S/C27H28N2O6/c1-27(2)21-8-5-6-9-22(21)28(3)23(27)15-18(30)16-35-26(33)17-10-11-19-20(14-17)25(32)29(24(19)31)12-7-13-34-4/h5-6,8-11,14-15H,7,12-13,16H2,1-4H3/b23-15+. The van der Waals surface area contributed by atoms with Crippen LogP contribution in [0.15, 0.2) is 54.2 Å². The molecule has 0 aliphatic carbocycles. The minimum atomic E-state index is -0.736. The first-order valence-corrected chi connectivity index (χ1v) is 11.4. The van der Waals surface area contributed by atoms with Gasteiger partial charge in [-0.25, -0.2) is 4.79 Å². The average molecular weight is 477 g/mol. The van der Waals surface area contributed by atoms with Crippen LogP contribution in [-0.2, 0) is 19.7 Å². The Kier molecular flexibility index (Phi) is 6.58. The number of hydrogen-bond acceptors (Lipinski definition) is 7. The van der Waals surface area contributed by atoms with E-state index in [2.05, 4.69) is 0 Å². The molecular weight excluding hydrogens is 448 g/mol. The van der Waals surface area contributed by atoms with Gasteiger partial charge in [0.15, 0.2) is 12.4 Å². The first-order valence-electron chi connectivity index (χ1n) is 11.4. The number of hydrogen-bond donors (Lipinski definition) is 0. The van der Waals surface area contributed by atoms with E-state index in [1.54, 1.807) is 7.11 Å². The maximum absolute atomic E-state index is 12.7. The van der Waals surface area contributed by atoms with Crippen LogP contribution in [0.5, 0.6) is 0 Å². The number of imide groups is 1. The lowest BCUT2D eigenvalue weighted by atomic mass is 9.83. The van der Waals surface area contributed by atoms with Gasteiger partial charge in [-0.2, -0.15) is 0 Å². The van der Waals surface area contributed by atoms with Gasteiger partial charge >= 0.3 is 5.97 Å². The highest BCUT2D eigenvalue weighted by molar-refractivity contribution is 6.22. The lowest BCUT2D eigenvalue weighted by Crippen LogP contribution is -2.31. The number of carbonyl (C=O) groups excluding carboxylic acids is 4. The Labute approximate surface area is 204 Å². The van der Waals surface area contributed by atoms with E-state index in [0.29, 0.717) is 13.0 Å². The van der Waals surface area contributed by atoms with Crippen LogP contribution in [0.25, 0.3) is 0 Å². The van der Waals surface area contributed by atoms with Gasteiger partial charge in [-0.1, -0.05) is 32.0 Å². The third-order valence-corrected chi connectivity index (χ3v) is 6.52. The number of ketones is 1. The number of carbonyl (C=O) groups is 4. The maximum Gasteiger partial charge on any atom is 0.338 e. The molecule has 2 heterocycles. The van der Waals surface area contributed by atoms with Crippen molar-refractivity contribution in [2.24, 2.45) is 0 Å². The molecule has 2 aliphatic rings. The quantitative estimate of drug-likeness (QED) is 0.250. The molecule has 2 aromatic rings. The van der Waals surface area contributed by atoms with Crippen molar-refractivity contribution >= 4 is 29.3 Å². The number of esters is 1. The summed E-state index contributed by atoms with van der Waals surface area (Å²) < 4.78 is 10.2. The molecule has 0 aromatic heterocycles. The summed E-state index contributed by atoms with van der Waals surface area (Å²) in [5.41, 5.74) is 3.10. The van der Waals surface area contributed by atoms with Crippen molar-refractivity contribution in [2.75, 3.05) is 38.8 Å². The monoisotopic (exact) mass is 476 g/mol. The van der Waals surface area contributed by atoms with Gasteiger partial charge in [0.2, 0.25) is 0 Å². The number of methoxy groups -OCH3 is 1. The van der Waals surface area contributed by atoms with E-state index in [1.807, 2.05) is 50.1 Å². The Morgan fingerprint density at radius 2 is 1.74 bits per heavy atom. The van der Waals surface area contributed by atoms with Gasteiger partial charge in [0, 0.05) is 50.2 Å². The van der Waals surface area contributed by atoms with Crippen LogP contribution in [0.2, 0.25) is 0 Å². The Morgan fingerprint density at radius 3 is 2.46 bits per heavy atom. The second-order valence-electron chi connectivity index (χ2n) is 9.14. The molecule has 4 rings (SSSR count). The average Bonchev–Trinajstić information content (AvgIpc) is 3.20. The van der Waals surface area contributed by atoms with Gasteiger partial charge in [0.1, 0.15) is 0 Å². The highest BCUT2D eigenvalue weighted by Gasteiger charge is 2.39. The van der Waals surface area contributed by atoms with Crippen molar-refractivity contribution in [3.63, 3.8) is 0 Å². The van der Waals surface area contributed by atoms with E-state index in [4.69, 9.17) is 9.47 Å². The number of fused-ring (bicyclic) bond motifs is 2. The van der Waals surface area contributed by atoms with E-state index in [9.17, 15) is 19.2 Å². The molecule has 2 aromatic carbocycles. The van der Waals surface area contributed by atoms with Crippen molar-refractivity contribution in [2.45, 2.75) is 25.7 Å². The molecule has 0 radical (unpaired) electrons. The van der Waals surface area contributed by atoms with E-state index in [0.717, 1.165) is 21.8 Å². The zero-order chi connectivity index (χ0) is 25.3. The molecule has 0 bridgehead atoms. The summed E-state index contributed by atoms with van der Waals surface area (Å²) in [6.45, 7) is 4.31. The van der Waals surface area contributed by atoms with E-state index in [-0.39, 0.29) is 34.4 Å². The number of nitrogens with zero attached hydrogens (tertiary/aromatic N) is 2. The molecule has 2 amide bonds. The summed E-state index contributed by atoms with van der Waals surface area (Å²) in [4.78, 5) is 53.6. The second kappa shape index (κ2) is 9.46. The Bertz CT molecular complexity index is 1250. The molecular formula is C27H28N2O6. The van der Waals surface area contributed by atoms with Crippen molar-refractivity contribution in [3.8, 4) is 0 Å². The zero-order valence-corrected chi connectivity index (χ0v) is 20.3. The largest absolute Gasteiger partial charge is 0.454 e. The summed E-state index contributed by atoms with van der Waals surface area (Å²) in [5, 5.41) is 0. The van der Waals surface area contributed by atoms with Crippen LogP contribution in [0.3, 0.4) is 0 Å². The minimum Gasteiger partial charge on any atom is -0.454 e. The Morgan fingerprint density at radius 1 is 1.03 bits per heavy atom. The van der Waals surface area contributed by atoms with Crippen molar-refractivity contribution in [3.05, 3.63) is 76.5 Å². The number of ether oxygens (including phenoxy) is 2. The summed E-state index contributed by atoms with van der Waals surface area (Å²) in [6.07, 6.45) is 2.03. The van der Waals surface area contributed by atoms with Gasteiger partial charge < -0.3 is 14.4 Å². The number of likely N-dealkylation sites (N-methyl/N-ethyl adjacent to an activating group) is 1. The summed E-state index contributed by atoms with van der Waals surface area (Å²) in [7, 11) is 3.45. The lowest BCUT2D eigenvalue weighted by Gasteiger charge is -2.23. The molecule has 8 nitrogen and oxygen atoms in total. The van der Waals surface area contributed by atoms with Gasteiger partial charge in [-0.15, -0.1) is 0 Å².